The zero-order valence-electron chi connectivity index (χ0n) is 21.8. The van der Waals surface area contributed by atoms with Crippen LogP contribution in [0.3, 0.4) is 0 Å². The summed E-state index contributed by atoms with van der Waals surface area (Å²) < 4.78 is 90.5. The molecule has 1 aliphatic heterocycles. The van der Waals surface area contributed by atoms with E-state index in [9.17, 15) is 31.1 Å². The summed E-state index contributed by atoms with van der Waals surface area (Å²) in [5, 5.41) is 2.16. The van der Waals surface area contributed by atoms with E-state index >= 15 is 0 Å². The number of halogens is 6. The molecule has 1 aromatic heterocycles. The fourth-order valence-corrected chi connectivity index (χ4v) is 4.70. The van der Waals surface area contributed by atoms with Crippen LogP contribution in [0, 0.1) is 0 Å². The van der Waals surface area contributed by atoms with Gasteiger partial charge >= 0.3 is 12.4 Å². The van der Waals surface area contributed by atoms with Crippen molar-refractivity contribution >= 4 is 5.91 Å². The van der Waals surface area contributed by atoms with Crippen LogP contribution in [-0.2, 0) is 18.1 Å². The Balaban J connectivity index is 1.75. The van der Waals surface area contributed by atoms with Gasteiger partial charge in [0.15, 0.2) is 11.5 Å². The first-order valence-corrected chi connectivity index (χ1v) is 12.3. The second kappa shape index (κ2) is 11.5. The number of carbonyl (C=O) groups is 1. The smallest absolute Gasteiger partial charge is 0.431 e. The number of nitrogens with one attached hydrogen (secondary N) is 1. The van der Waals surface area contributed by atoms with E-state index in [0.29, 0.717) is 48.7 Å². The Bertz CT molecular complexity index is 1100. The van der Waals surface area contributed by atoms with Crippen molar-refractivity contribution in [3.05, 3.63) is 47.3 Å². The van der Waals surface area contributed by atoms with Crippen molar-refractivity contribution < 1.29 is 40.6 Å². The summed E-state index contributed by atoms with van der Waals surface area (Å²) in [7, 11) is 1.48. The van der Waals surface area contributed by atoms with E-state index in [1.165, 1.54) is 13.2 Å². The normalized spacial score (nSPS) is 16.1. The van der Waals surface area contributed by atoms with Crippen LogP contribution in [0.5, 0.6) is 11.5 Å². The Labute approximate surface area is 217 Å². The molecule has 1 aliphatic rings. The molecule has 1 amide bonds. The predicted octanol–water partition coefficient (Wildman–Crippen LogP) is 5.65. The van der Waals surface area contributed by atoms with Crippen LogP contribution in [-0.4, -0.2) is 60.9 Å². The highest BCUT2D eigenvalue weighted by molar-refractivity contribution is 5.95. The van der Waals surface area contributed by atoms with Crippen molar-refractivity contribution in [3.8, 4) is 11.5 Å². The number of ether oxygens (including phenoxy) is 2. The number of aromatic nitrogens is 1. The number of amides is 1. The molecule has 0 atom stereocenters. The SMILES string of the molecule is COc1cc(C(=O)N2CCC(C)(c3ccc(C(F)(F)F)n3CCNCC(F)(F)F)CC2)ccc1OC(C)C. The lowest BCUT2D eigenvalue weighted by atomic mass is 9.77. The third kappa shape index (κ3) is 7.15. The van der Waals surface area contributed by atoms with Gasteiger partial charge in [0.25, 0.3) is 5.91 Å². The Hall–Kier alpha value is -2.89. The Kier molecular flexibility index (Phi) is 8.95. The molecule has 0 bridgehead atoms. The first kappa shape index (κ1) is 29.7. The maximum Gasteiger partial charge on any atom is 0.431 e. The number of hydrogen-bond acceptors (Lipinski definition) is 4. The minimum atomic E-state index is -4.65. The van der Waals surface area contributed by atoms with Crippen molar-refractivity contribution in [1.82, 2.24) is 14.8 Å². The van der Waals surface area contributed by atoms with Crippen LogP contribution in [0.1, 0.15) is 55.4 Å². The molecule has 3 rings (SSSR count). The fraction of sp³-hybridized carbons (Fsp3) is 0.577. The van der Waals surface area contributed by atoms with E-state index in [2.05, 4.69) is 5.32 Å². The van der Waals surface area contributed by atoms with Crippen LogP contribution >= 0.6 is 0 Å². The molecule has 212 valence electrons. The van der Waals surface area contributed by atoms with Gasteiger partial charge in [0, 0.05) is 42.9 Å². The largest absolute Gasteiger partial charge is 0.493 e. The van der Waals surface area contributed by atoms with Crippen molar-refractivity contribution in [1.29, 1.82) is 0 Å². The van der Waals surface area contributed by atoms with Crippen LogP contribution in [0.2, 0.25) is 0 Å². The van der Waals surface area contributed by atoms with Gasteiger partial charge in [-0.1, -0.05) is 6.92 Å². The number of carbonyl (C=O) groups excluding carboxylic acids is 1. The molecule has 1 N–H and O–H groups in total. The van der Waals surface area contributed by atoms with E-state index in [0.717, 1.165) is 10.6 Å². The average Bonchev–Trinajstić information content (AvgIpc) is 3.27. The standard InChI is InChI=1S/C26H33F6N3O3/c1-17(2)38-19-6-5-18(15-20(19)37-4)23(36)34-12-9-24(3,10-13-34)21-7-8-22(26(30,31)32)35(21)14-11-33-16-25(27,28)29/h5-8,15,17,33H,9-14,16H2,1-4H3. The average molecular weight is 550 g/mol. The number of likely N-dealkylation sites (tertiary alicyclic amines) is 1. The zero-order valence-corrected chi connectivity index (χ0v) is 21.8. The number of hydrogen-bond donors (Lipinski definition) is 1. The predicted molar refractivity (Wildman–Crippen MR) is 130 cm³/mol. The van der Waals surface area contributed by atoms with Crippen LogP contribution in [0.15, 0.2) is 30.3 Å². The van der Waals surface area contributed by atoms with Gasteiger partial charge in [-0.3, -0.25) is 4.79 Å². The Morgan fingerprint density at radius 2 is 1.71 bits per heavy atom. The lowest BCUT2D eigenvalue weighted by Crippen LogP contribution is -2.45. The van der Waals surface area contributed by atoms with Gasteiger partial charge in [0.1, 0.15) is 5.69 Å². The second-order valence-corrected chi connectivity index (χ2v) is 9.93. The molecular weight excluding hydrogens is 516 g/mol. The van der Waals surface area contributed by atoms with E-state index in [4.69, 9.17) is 9.47 Å². The van der Waals surface area contributed by atoms with Crippen LogP contribution in [0.4, 0.5) is 26.3 Å². The van der Waals surface area contributed by atoms with Crippen molar-refractivity contribution in [3.63, 3.8) is 0 Å². The van der Waals surface area contributed by atoms with Gasteiger partial charge in [0.05, 0.1) is 19.8 Å². The maximum absolute atomic E-state index is 13.7. The monoisotopic (exact) mass is 549 g/mol. The van der Waals surface area contributed by atoms with Crippen molar-refractivity contribution in [2.24, 2.45) is 0 Å². The van der Waals surface area contributed by atoms with Gasteiger partial charge in [-0.25, -0.2) is 0 Å². The molecule has 0 radical (unpaired) electrons. The summed E-state index contributed by atoms with van der Waals surface area (Å²) in [6.07, 6.45) is -8.41. The van der Waals surface area contributed by atoms with Crippen LogP contribution < -0.4 is 14.8 Å². The number of benzene rings is 1. The molecule has 1 saturated heterocycles. The molecule has 1 fully saturated rings. The van der Waals surface area contributed by atoms with Gasteiger partial charge in [-0.15, -0.1) is 0 Å². The second-order valence-electron chi connectivity index (χ2n) is 9.93. The number of nitrogens with zero attached hydrogens (tertiary/aromatic N) is 2. The van der Waals surface area contributed by atoms with E-state index < -0.39 is 30.0 Å². The van der Waals surface area contributed by atoms with Crippen LogP contribution in [0.25, 0.3) is 0 Å². The van der Waals surface area contributed by atoms with Gasteiger partial charge < -0.3 is 24.3 Å². The topological polar surface area (TPSA) is 55.7 Å². The number of piperidine rings is 1. The lowest BCUT2D eigenvalue weighted by molar-refractivity contribution is -0.144. The quantitative estimate of drug-likeness (QED) is 0.325. The third-order valence-corrected chi connectivity index (χ3v) is 6.65. The van der Waals surface area contributed by atoms with Gasteiger partial charge in [-0.05, 0) is 57.0 Å². The van der Waals surface area contributed by atoms with E-state index in [1.54, 1.807) is 23.1 Å². The summed E-state index contributed by atoms with van der Waals surface area (Å²) in [4.78, 5) is 14.8. The molecule has 6 nitrogen and oxygen atoms in total. The maximum atomic E-state index is 13.7. The van der Waals surface area contributed by atoms with Crippen molar-refractivity contribution in [2.75, 3.05) is 33.3 Å². The molecule has 0 saturated carbocycles. The minimum absolute atomic E-state index is 0.0811. The van der Waals surface area contributed by atoms with Gasteiger partial charge in [0.2, 0.25) is 0 Å². The zero-order chi connectivity index (χ0) is 28.3. The minimum Gasteiger partial charge on any atom is -0.493 e. The first-order chi connectivity index (χ1) is 17.6. The summed E-state index contributed by atoms with van der Waals surface area (Å²) in [5.41, 5.74) is -0.809. The first-order valence-electron chi connectivity index (χ1n) is 12.3. The fourth-order valence-electron chi connectivity index (χ4n) is 4.70. The molecule has 0 spiro atoms. The number of alkyl halides is 6. The third-order valence-electron chi connectivity index (χ3n) is 6.65. The lowest BCUT2D eigenvalue weighted by Gasteiger charge is -2.40. The number of rotatable bonds is 9. The highest BCUT2D eigenvalue weighted by atomic mass is 19.4. The van der Waals surface area contributed by atoms with E-state index in [-0.39, 0.29) is 25.1 Å². The molecule has 0 unspecified atom stereocenters. The number of methoxy groups -OCH3 is 1. The molecule has 0 aliphatic carbocycles. The molecule has 38 heavy (non-hydrogen) atoms. The summed E-state index contributed by atoms with van der Waals surface area (Å²) in [5.74, 6) is 0.698. The molecular formula is C26H33F6N3O3. The molecule has 12 heteroatoms. The highest BCUT2D eigenvalue weighted by Gasteiger charge is 2.41. The molecule has 1 aromatic carbocycles. The molecule has 2 aromatic rings. The summed E-state index contributed by atoms with van der Waals surface area (Å²) in [6, 6.07) is 7.27. The summed E-state index contributed by atoms with van der Waals surface area (Å²) in [6.45, 7) is 4.35. The van der Waals surface area contributed by atoms with Crippen molar-refractivity contribution in [2.45, 2.75) is 64.0 Å². The van der Waals surface area contributed by atoms with E-state index in [1.807, 2.05) is 20.8 Å². The molecule has 2 heterocycles. The summed E-state index contributed by atoms with van der Waals surface area (Å²) >= 11 is 0. The highest BCUT2D eigenvalue weighted by Crippen LogP contribution is 2.40. The van der Waals surface area contributed by atoms with Gasteiger partial charge in [-0.2, -0.15) is 26.3 Å². The Morgan fingerprint density at radius 1 is 1.05 bits per heavy atom. The Morgan fingerprint density at radius 3 is 2.26 bits per heavy atom.